The van der Waals surface area contributed by atoms with Crippen LogP contribution < -0.4 is 15.2 Å². The van der Waals surface area contributed by atoms with Crippen LogP contribution in [-0.4, -0.2) is 25.4 Å². The molecule has 0 bridgehead atoms. The Morgan fingerprint density at radius 1 is 1.47 bits per heavy atom. The van der Waals surface area contributed by atoms with Gasteiger partial charge in [0.2, 0.25) is 6.79 Å². The van der Waals surface area contributed by atoms with Gasteiger partial charge in [-0.05, 0) is 28.5 Å². The Morgan fingerprint density at radius 3 is 2.82 bits per heavy atom. The van der Waals surface area contributed by atoms with Crippen LogP contribution in [0.5, 0.6) is 11.5 Å². The maximum Gasteiger partial charge on any atom is 0.231 e. The van der Waals surface area contributed by atoms with Crippen LogP contribution in [-0.2, 0) is 0 Å². The topological polar surface area (TPSA) is 78.6 Å². The summed E-state index contributed by atoms with van der Waals surface area (Å²) in [5.41, 5.74) is 6.09. The van der Waals surface area contributed by atoms with E-state index in [0.29, 0.717) is 33.4 Å². The molecular formula is C11H10BrNO4. The lowest BCUT2D eigenvalue weighted by Crippen LogP contribution is -2.10. The molecule has 0 radical (unpaired) electrons. The number of ketones is 1. The van der Waals surface area contributed by atoms with Crippen LogP contribution in [0.2, 0.25) is 0 Å². The molecule has 6 heteroatoms. The number of hydrogen-bond donors (Lipinski definition) is 1. The van der Waals surface area contributed by atoms with E-state index in [1.807, 2.05) is 0 Å². The molecule has 2 N–H and O–H groups in total. The van der Waals surface area contributed by atoms with Crippen molar-refractivity contribution in [3.05, 3.63) is 21.7 Å². The number of hydrogen-bond acceptors (Lipinski definition) is 5. The van der Waals surface area contributed by atoms with E-state index < -0.39 is 0 Å². The fourth-order valence-electron chi connectivity index (χ4n) is 1.66. The third-order valence-corrected chi connectivity index (χ3v) is 3.03. The van der Waals surface area contributed by atoms with Crippen LogP contribution in [0, 0.1) is 0 Å². The highest BCUT2D eigenvalue weighted by atomic mass is 79.9. The van der Waals surface area contributed by atoms with Crippen molar-refractivity contribution >= 4 is 28.0 Å². The second-order valence-corrected chi connectivity index (χ2v) is 4.32. The summed E-state index contributed by atoms with van der Waals surface area (Å²) >= 11 is 3.26. The van der Waals surface area contributed by atoms with Crippen LogP contribution in [0.1, 0.15) is 27.1 Å². The number of carbonyl (C=O) groups is 2. The Labute approximate surface area is 106 Å². The van der Waals surface area contributed by atoms with E-state index in [1.54, 1.807) is 6.07 Å². The summed E-state index contributed by atoms with van der Waals surface area (Å²) in [5, 5.41) is 0. The Hall–Kier alpha value is -1.40. The van der Waals surface area contributed by atoms with E-state index >= 15 is 0 Å². The fourth-order valence-corrected chi connectivity index (χ4v) is 2.31. The fraction of sp³-hybridized carbons (Fsp3) is 0.273. The Bertz CT molecular complexity index is 487. The van der Waals surface area contributed by atoms with Crippen molar-refractivity contribution in [1.82, 2.24) is 0 Å². The molecule has 0 fully saturated rings. The first-order valence-electron chi connectivity index (χ1n) is 4.99. The van der Waals surface area contributed by atoms with Gasteiger partial charge in [-0.2, -0.15) is 0 Å². The molecule has 1 heterocycles. The van der Waals surface area contributed by atoms with Crippen molar-refractivity contribution < 1.29 is 19.1 Å². The van der Waals surface area contributed by atoms with Gasteiger partial charge >= 0.3 is 0 Å². The quantitative estimate of drug-likeness (QED) is 0.674. The molecule has 0 atom stereocenters. The molecule has 1 aromatic carbocycles. The minimum absolute atomic E-state index is 0.00946. The summed E-state index contributed by atoms with van der Waals surface area (Å²) < 4.78 is 11.0. The summed E-state index contributed by atoms with van der Waals surface area (Å²) in [7, 11) is 0. The molecule has 5 nitrogen and oxygen atoms in total. The standard InChI is InChI=1S/C11H10BrNO4/c12-7-3-6(4-14)10-11(17-5-16-10)9(7)8(15)1-2-13/h3-4H,1-2,5,13H2. The number of halogens is 1. The molecule has 0 saturated heterocycles. The van der Waals surface area contributed by atoms with Crippen molar-refractivity contribution in [2.75, 3.05) is 13.3 Å². The minimum Gasteiger partial charge on any atom is -0.453 e. The van der Waals surface area contributed by atoms with Crippen molar-refractivity contribution in [3.8, 4) is 11.5 Å². The average Bonchev–Trinajstić information content (AvgIpc) is 2.76. The Balaban J connectivity index is 2.57. The van der Waals surface area contributed by atoms with Crippen molar-refractivity contribution in [3.63, 3.8) is 0 Å². The van der Waals surface area contributed by atoms with Gasteiger partial charge in [0.25, 0.3) is 0 Å². The van der Waals surface area contributed by atoms with Crippen LogP contribution in [0.15, 0.2) is 10.5 Å². The van der Waals surface area contributed by atoms with E-state index in [0.717, 1.165) is 0 Å². The molecular weight excluding hydrogens is 290 g/mol. The molecule has 1 aliphatic heterocycles. The van der Waals surface area contributed by atoms with Crippen molar-refractivity contribution in [2.45, 2.75) is 6.42 Å². The molecule has 0 saturated carbocycles. The van der Waals surface area contributed by atoms with Crippen molar-refractivity contribution in [1.29, 1.82) is 0 Å². The van der Waals surface area contributed by atoms with E-state index in [4.69, 9.17) is 15.2 Å². The molecule has 0 aliphatic carbocycles. The molecule has 90 valence electrons. The number of rotatable bonds is 4. The first-order chi connectivity index (χ1) is 8.19. The highest BCUT2D eigenvalue weighted by Gasteiger charge is 2.27. The maximum atomic E-state index is 11.9. The van der Waals surface area contributed by atoms with Gasteiger partial charge in [-0.3, -0.25) is 9.59 Å². The number of ether oxygens (including phenoxy) is 2. The predicted molar refractivity (Wildman–Crippen MR) is 63.7 cm³/mol. The highest BCUT2D eigenvalue weighted by Crippen LogP contribution is 2.42. The van der Waals surface area contributed by atoms with E-state index in [2.05, 4.69) is 15.9 Å². The Morgan fingerprint density at radius 2 is 2.18 bits per heavy atom. The summed E-state index contributed by atoms with van der Waals surface area (Å²) in [5.74, 6) is 0.502. The minimum atomic E-state index is -0.140. The molecule has 0 aromatic heterocycles. The highest BCUT2D eigenvalue weighted by molar-refractivity contribution is 9.10. The number of aldehydes is 1. The number of benzene rings is 1. The number of Topliss-reactive ketones (excluding diaryl/α,β-unsaturated/α-hetero) is 1. The molecule has 2 rings (SSSR count). The van der Waals surface area contributed by atoms with Gasteiger partial charge in [0, 0.05) is 10.9 Å². The first kappa shape index (κ1) is 12.1. The monoisotopic (exact) mass is 299 g/mol. The number of nitrogens with two attached hydrogens (primary N) is 1. The summed E-state index contributed by atoms with van der Waals surface area (Å²) in [4.78, 5) is 22.8. The van der Waals surface area contributed by atoms with Gasteiger partial charge < -0.3 is 15.2 Å². The van der Waals surface area contributed by atoms with Gasteiger partial charge in [-0.25, -0.2) is 0 Å². The largest absolute Gasteiger partial charge is 0.453 e. The number of carbonyl (C=O) groups excluding carboxylic acids is 2. The smallest absolute Gasteiger partial charge is 0.231 e. The second-order valence-electron chi connectivity index (χ2n) is 3.47. The van der Waals surface area contributed by atoms with Crippen molar-refractivity contribution in [2.24, 2.45) is 5.73 Å². The lowest BCUT2D eigenvalue weighted by atomic mass is 10.0. The zero-order valence-electron chi connectivity index (χ0n) is 8.86. The van der Waals surface area contributed by atoms with E-state index in [-0.39, 0.29) is 25.5 Å². The van der Waals surface area contributed by atoms with Crippen LogP contribution in [0.3, 0.4) is 0 Å². The number of fused-ring (bicyclic) bond motifs is 1. The molecule has 0 amide bonds. The first-order valence-corrected chi connectivity index (χ1v) is 5.79. The van der Waals surface area contributed by atoms with E-state index in [9.17, 15) is 9.59 Å². The maximum absolute atomic E-state index is 11.9. The SMILES string of the molecule is NCCC(=O)c1c(Br)cc(C=O)c2c1OCO2. The van der Waals surface area contributed by atoms with E-state index in [1.165, 1.54) is 0 Å². The summed E-state index contributed by atoms with van der Waals surface area (Å²) in [6, 6.07) is 1.55. The third-order valence-electron chi connectivity index (χ3n) is 2.40. The van der Waals surface area contributed by atoms with Gasteiger partial charge in [0.05, 0.1) is 11.1 Å². The zero-order valence-corrected chi connectivity index (χ0v) is 10.5. The average molecular weight is 300 g/mol. The lowest BCUT2D eigenvalue weighted by Gasteiger charge is -2.08. The molecule has 1 aromatic rings. The van der Waals surface area contributed by atoms with Gasteiger partial charge in [-0.1, -0.05) is 0 Å². The molecule has 17 heavy (non-hydrogen) atoms. The van der Waals surface area contributed by atoms with Gasteiger partial charge in [0.1, 0.15) is 0 Å². The third kappa shape index (κ3) is 2.05. The van der Waals surface area contributed by atoms with Crippen LogP contribution >= 0.6 is 15.9 Å². The van der Waals surface area contributed by atoms with Gasteiger partial charge in [0.15, 0.2) is 23.6 Å². The molecule has 0 spiro atoms. The molecule has 1 aliphatic rings. The lowest BCUT2D eigenvalue weighted by molar-refractivity contribution is 0.0979. The Kier molecular flexibility index (Phi) is 3.44. The predicted octanol–water partition coefficient (Wildman–Crippen LogP) is 1.52. The van der Waals surface area contributed by atoms with Crippen LogP contribution in [0.4, 0.5) is 0 Å². The van der Waals surface area contributed by atoms with Crippen LogP contribution in [0.25, 0.3) is 0 Å². The second kappa shape index (κ2) is 4.85. The summed E-state index contributed by atoms with van der Waals surface area (Å²) in [6.45, 7) is 0.270. The normalized spacial score (nSPS) is 12.6. The molecule has 0 unspecified atom stereocenters. The summed E-state index contributed by atoms with van der Waals surface area (Å²) in [6.07, 6.45) is 0.879. The zero-order chi connectivity index (χ0) is 12.4. The van der Waals surface area contributed by atoms with Gasteiger partial charge in [-0.15, -0.1) is 0 Å².